The van der Waals surface area contributed by atoms with Gasteiger partial charge in [0.25, 0.3) is 0 Å². The highest BCUT2D eigenvalue weighted by Crippen LogP contribution is 2.19. The number of hydrogen-bond acceptors (Lipinski definition) is 5. The molecule has 2 rings (SSSR count). The van der Waals surface area contributed by atoms with Crippen LogP contribution in [0.1, 0.15) is 12.0 Å². The molecule has 1 aliphatic rings. The van der Waals surface area contributed by atoms with E-state index in [4.69, 9.17) is 4.84 Å². The molecular weight excluding hydrogens is 216 g/mol. The molecule has 2 heterocycles. The molecule has 15 heavy (non-hydrogen) atoms. The van der Waals surface area contributed by atoms with E-state index in [0.717, 1.165) is 11.8 Å². The SMILES string of the molecule is CS(=O)(=O)[C@@H]1CC(c2cccnc2)=NO1. The average molecular weight is 226 g/mol. The molecule has 0 saturated carbocycles. The van der Waals surface area contributed by atoms with Gasteiger partial charge >= 0.3 is 0 Å². The summed E-state index contributed by atoms with van der Waals surface area (Å²) in [5, 5.41) is 3.75. The second kappa shape index (κ2) is 3.62. The third-order valence-electron chi connectivity index (χ3n) is 2.11. The Kier molecular flexibility index (Phi) is 2.44. The topological polar surface area (TPSA) is 68.6 Å². The number of rotatable bonds is 2. The van der Waals surface area contributed by atoms with Crippen LogP contribution in [-0.2, 0) is 14.7 Å². The van der Waals surface area contributed by atoms with Crippen LogP contribution in [0, 0.1) is 0 Å². The molecular formula is C9H10N2O3S. The van der Waals surface area contributed by atoms with E-state index < -0.39 is 15.3 Å². The Morgan fingerprint density at radius 3 is 2.87 bits per heavy atom. The fourth-order valence-electron chi connectivity index (χ4n) is 1.29. The first-order valence-electron chi connectivity index (χ1n) is 4.39. The van der Waals surface area contributed by atoms with Crippen molar-refractivity contribution in [1.82, 2.24) is 4.98 Å². The van der Waals surface area contributed by atoms with Gasteiger partial charge in [-0.05, 0) is 12.1 Å². The van der Waals surface area contributed by atoms with Crippen LogP contribution < -0.4 is 0 Å². The molecule has 1 aromatic heterocycles. The summed E-state index contributed by atoms with van der Waals surface area (Å²) >= 11 is 0. The molecule has 0 aromatic carbocycles. The zero-order chi connectivity index (χ0) is 10.9. The van der Waals surface area contributed by atoms with Crippen LogP contribution in [0.4, 0.5) is 0 Å². The summed E-state index contributed by atoms with van der Waals surface area (Å²) in [5.41, 5.74) is 0.565. The van der Waals surface area contributed by atoms with E-state index in [9.17, 15) is 8.42 Å². The maximum Gasteiger partial charge on any atom is 0.232 e. The first kappa shape index (κ1) is 10.1. The number of sulfone groups is 1. The highest BCUT2D eigenvalue weighted by atomic mass is 32.2. The lowest BCUT2D eigenvalue weighted by Gasteiger charge is -2.03. The Balaban J connectivity index is 2.18. The van der Waals surface area contributed by atoms with Gasteiger partial charge in [0.15, 0.2) is 9.84 Å². The second-order valence-electron chi connectivity index (χ2n) is 3.35. The van der Waals surface area contributed by atoms with Gasteiger partial charge in [0, 0.05) is 30.6 Å². The minimum absolute atomic E-state index is 0.282. The Morgan fingerprint density at radius 1 is 1.53 bits per heavy atom. The van der Waals surface area contributed by atoms with Crippen molar-refractivity contribution in [1.29, 1.82) is 0 Å². The molecule has 0 amide bonds. The minimum Gasteiger partial charge on any atom is -0.375 e. The Labute approximate surface area is 87.7 Å². The standard InChI is InChI=1S/C9H10N2O3S/c1-15(12,13)9-5-8(11-14-9)7-3-2-4-10-6-7/h2-4,6,9H,5H2,1H3/t9-/m1/s1. The molecule has 1 aliphatic heterocycles. The van der Waals surface area contributed by atoms with Crippen LogP contribution in [0.15, 0.2) is 29.7 Å². The quantitative estimate of drug-likeness (QED) is 0.739. The van der Waals surface area contributed by atoms with Crippen molar-refractivity contribution in [3.05, 3.63) is 30.1 Å². The molecule has 6 heteroatoms. The van der Waals surface area contributed by atoms with Crippen molar-refractivity contribution in [3.8, 4) is 0 Å². The molecule has 0 N–H and O–H groups in total. The lowest BCUT2D eigenvalue weighted by molar-refractivity contribution is 0.141. The molecule has 80 valence electrons. The van der Waals surface area contributed by atoms with Crippen molar-refractivity contribution < 1.29 is 13.3 Å². The van der Waals surface area contributed by atoms with Crippen LogP contribution in [0.2, 0.25) is 0 Å². The first-order chi connectivity index (χ1) is 7.07. The number of aromatic nitrogens is 1. The van der Waals surface area contributed by atoms with E-state index >= 15 is 0 Å². The molecule has 0 radical (unpaired) electrons. The van der Waals surface area contributed by atoms with Gasteiger partial charge < -0.3 is 4.84 Å². The smallest absolute Gasteiger partial charge is 0.232 e. The summed E-state index contributed by atoms with van der Waals surface area (Å²) in [7, 11) is -3.20. The molecule has 1 atom stereocenters. The monoisotopic (exact) mass is 226 g/mol. The summed E-state index contributed by atoms with van der Waals surface area (Å²) in [5.74, 6) is 0. The molecule has 0 bridgehead atoms. The van der Waals surface area contributed by atoms with Gasteiger partial charge in [-0.1, -0.05) is 5.16 Å². The summed E-state index contributed by atoms with van der Waals surface area (Å²) in [4.78, 5) is 8.79. The van der Waals surface area contributed by atoms with Gasteiger partial charge in [0.2, 0.25) is 5.44 Å². The van der Waals surface area contributed by atoms with Crippen molar-refractivity contribution in [2.24, 2.45) is 5.16 Å². The van der Waals surface area contributed by atoms with E-state index in [0.29, 0.717) is 5.71 Å². The van der Waals surface area contributed by atoms with Gasteiger partial charge in [0.1, 0.15) is 0 Å². The van der Waals surface area contributed by atoms with Crippen molar-refractivity contribution >= 4 is 15.5 Å². The third-order valence-corrected chi connectivity index (χ3v) is 3.32. The van der Waals surface area contributed by atoms with E-state index in [1.807, 2.05) is 6.07 Å². The van der Waals surface area contributed by atoms with Gasteiger partial charge in [-0.3, -0.25) is 4.98 Å². The highest BCUT2D eigenvalue weighted by Gasteiger charge is 2.30. The van der Waals surface area contributed by atoms with Gasteiger partial charge in [-0.15, -0.1) is 0 Å². The molecule has 0 saturated heterocycles. The van der Waals surface area contributed by atoms with Crippen LogP contribution in [-0.4, -0.2) is 30.8 Å². The predicted octanol–water partition coefficient (Wildman–Crippen LogP) is 0.577. The molecule has 0 aliphatic carbocycles. The summed E-state index contributed by atoms with van der Waals surface area (Å²) in [6, 6.07) is 3.59. The number of pyridine rings is 1. The summed E-state index contributed by atoms with van der Waals surface area (Å²) in [6.07, 6.45) is 4.70. The summed E-state index contributed by atoms with van der Waals surface area (Å²) < 4.78 is 22.4. The zero-order valence-corrected chi connectivity index (χ0v) is 8.94. The van der Waals surface area contributed by atoms with E-state index in [-0.39, 0.29) is 6.42 Å². The fraction of sp³-hybridized carbons (Fsp3) is 0.333. The van der Waals surface area contributed by atoms with Gasteiger partial charge in [0.05, 0.1) is 5.71 Å². The largest absolute Gasteiger partial charge is 0.375 e. The number of nitrogens with zero attached hydrogens (tertiary/aromatic N) is 2. The number of oxime groups is 1. The average Bonchev–Trinajstić information content (AvgIpc) is 2.67. The Morgan fingerprint density at radius 2 is 2.33 bits per heavy atom. The molecule has 5 nitrogen and oxygen atoms in total. The maximum absolute atomic E-state index is 11.2. The van der Waals surface area contributed by atoms with E-state index in [1.54, 1.807) is 18.5 Å². The normalized spacial score (nSPS) is 20.9. The lowest BCUT2D eigenvalue weighted by Crippen LogP contribution is -2.19. The maximum atomic E-state index is 11.2. The minimum atomic E-state index is -3.20. The summed E-state index contributed by atoms with van der Waals surface area (Å²) in [6.45, 7) is 0. The Bertz CT molecular complexity index is 481. The van der Waals surface area contributed by atoms with Crippen molar-refractivity contribution in [2.75, 3.05) is 6.26 Å². The molecule has 0 spiro atoms. The first-order valence-corrected chi connectivity index (χ1v) is 6.35. The number of hydrogen-bond donors (Lipinski definition) is 0. The van der Waals surface area contributed by atoms with Crippen LogP contribution in [0.25, 0.3) is 0 Å². The van der Waals surface area contributed by atoms with Gasteiger partial charge in [-0.25, -0.2) is 8.42 Å². The van der Waals surface area contributed by atoms with Crippen LogP contribution >= 0.6 is 0 Å². The predicted molar refractivity (Wildman–Crippen MR) is 55.1 cm³/mol. The van der Waals surface area contributed by atoms with Crippen LogP contribution in [0.5, 0.6) is 0 Å². The molecule has 0 fully saturated rings. The molecule has 1 aromatic rings. The lowest BCUT2D eigenvalue weighted by atomic mass is 10.1. The Hall–Kier alpha value is -1.43. The fourth-order valence-corrected chi connectivity index (χ4v) is 1.95. The van der Waals surface area contributed by atoms with E-state index in [1.165, 1.54) is 0 Å². The second-order valence-corrected chi connectivity index (χ2v) is 5.53. The van der Waals surface area contributed by atoms with Crippen molar-refractivity contribution in [3.63, 3.8) is 0 Å². The van der Waals surface area contributed by atoms with E-state index in [2.05, 4.69) is 10.1 Å². The zero-order valence-electron chi connectivity index (χ0n) is 8.12. The molecule has 0 unspecified atom stereocenters. The third kappa shape index (κ3) is 2.15. The highest BCUT2D eigenvalue weighted by molar-refractivity contribution is 7.91. The van der Waals surface area contributed by atoms with Gasteiger partial charge in [-0.2, -0.15) is 0 Å². The van der Waals surface area contributed by atoms with Crippen LogP contribution in [0.3, 0.4) is 0 Å². The van der Waals surface area contributed by atoms with Crippen molar-refractivity contribution in [2.45, 2.75) is 11.9 Å².